The Bertz CT molecular complexity index is 725. The van der Waals surface area contributed by atoms with E-state index in [0.29, 0.717) is 5.75 Å². The lowest BCUT2D eigenvalue weighted by molar-refractivity contribution is -0.117. The van der Waals surface area contributed by atoms with E-state index in [4.69, 9.17) is 9.47 Å². The summed E-state index contributed by atoms with van der Waals surface area (Å²) in [5.74, 6) is 1.37. The number of rotatable bonds is 6. The Morgan fingerprint density at radius 2 is 1.96 bits per heavy atom. The molecule has 1 atom stereocenters. The molecule has 0 aromatic heterocycles. The molecule has 2 aromatic carbocycles. The molecule has 1 aliphatic rings. The standard InChI is InChI=1S/C20H21NO3/c1-15(7-8-16-5-3-2-4-6-16)21-20(22)12-10-17-9-11-18-19(13-17)24-14-23-18/h2-6,9-13,15H,7-8,14H2,1H3,(H,21,22). The molecule has 124 valence electrons. The molecule has 0 spiro atoms. The molecule has 1 N–H and O–H groups in total. The number of ether oxygens (including phenoxy) is 2. The van der Waals surface area contributed by atoms with Crippen LogP contribution >= 0.6 is 0 Å². The number of amides is 1. The number of carbonyl (C=O) groups excluding carboxylic acids is 1. The van der Waals surface area contributed by atoms with Crippen LogP contribution in [0.2, 0.25) is 0 Å². The average Bonchev–Trinajstić information content (AvgIpc) is 3.07. The molecular weight excluding hydrogens is 302 g/mol. The maximum atomic E-state index is 12.0. The van der Waals surface area contributed by atoms with Gasteiger partial charge in [-0.1, -0.05) is 36.4 Å². The first-order chi connectivity index (χ1) is 11.7. The van der Waals surface area contributed by atoms with Crippen LogP contribution in [-0.2, 0) is 11.2 Å². The predicted octanol–water partition coefficient (Wildman–Crippen LogP) is 3.57. The second-order valence-electron chi connectivity index (χ2n) is 5.88. The maximum absolute atomic E-state index is 12.0. The highest BCUT2D eigenvalue weighted by Gasteiger charge is 2.12. The second kappa shape index (κ2) is 7.68. The molecule has 0 saturated heterocycles. The number of fused-ring (bicyclic) bond motifs is 1. The summed E-state index contributed by atoms with van der Waals surface area (Å²) in [5, 5.41) is 2.99. The van der Waals surface area contributed by atoms with Crippen LogP contribution in [0.1, 0.15) is 24.5 Å². The molecule has 0 bridgehead atoms. The molecule has 4 nitrogen and oxygen atoms in total. The molecule has 1 amide bonds. The fourth-order valence-corrected chi connectivity index (χ4v) is 2.58. The van der Waals surface area contributed by atoms with E-state index in [2.05, 4.69) is 17.4 Å². The number of aryl methyl sites for hydroxylation is 1. The van der Waals surface area contributed by atoms with Crippen molar-refractivity contribution in [1.29, 1.82) is 0 Å². The minimum Gasteiger partial charge on any atom is -0.454 e. The van der Waals surface area contributed by atoms with Gasteiger partial charge in [0.25, 0.3) is 0 Å². The summed E-state index contributed by atoms with van der Waals surface area (Å²) < 4.78 is 10.6. The molecule has 1 heterocycles. The van der Waals surface area contributed by atoms with Crippen LogP contribution in [0, 0.1) is 0 Å². The molecule has 1 aliphatic heterocycles. The minimum absolute atomic E-state index is 0.0896. The first-order valence-corrected chi connectivity index (χ1v) is 8.13. The van der Waals surface area contributed by atoms with E-state index < -0.39 is 0 Å². The van der Waals surface area contributed by atoms with Crippen molar-refractivity contribution in [3.8, 4) is 11.5 Å². The van der Waals surface area contributed by atoms with E-state index in [9.17, 15) is 4.79 Å². The maximum Gasteiger partial charge on any atom is 0.244 e. The lowest BCUT2D eigenvalue weighted by atomic mass is 10.1. The van der Waals surface area contributed by atoms with Gasteiger partial charge in [0.2, 0.25) is 12.7 Å². The Morgan fingerprint density at radius 3 is 2.79 bits per heavy atom. The summed E-state index contributed by atoms with van der Waals surface area (Å²) in [5.41, 5.74) is 2.20. The van der Waals surface area contributed by atoms with E-state index in [1.807, 2.05) is 43.3 Å². The van der Waals surface area contributed by atoms with Crippen LogP contribution in [0.25, 0.3) is 6.08 Å². The van der Waals surface area contributed by atoms with Crippen LogP contribution < -0.4 is 14.8 Å². The Balaban J connectivity index is 1.48. The molecule has 3 rings (SSSR count). The molecule has 0 fully saturated rings. The van der Waals surface area contributed by atoms with Crippen molar-refractivity contribution in [1.82, 2.24) is 5.32 Å². The lowest BCUT2D eigenvalue weighted by Gasteiger charge is -2.12. The van der Waals surface area contributed by atoms with Crippen molar-refractivity contribution in [3.63, 3.8) is 0 Å². The number of benzene rings is 2. The zero-order valence-electron chi connectivity index (χ0n) is 13.7. The summed E-state index contributed by atoms with van der Waals surface area (Å²) in [6, 6.07) is 16.0. The summed E-state index contributed by atoms with van der Waals surface area (Å²) in [6.45, 7) is 2.27. The summed E-state index contributed by atoms with van der Waals surface area (Å²) in [4.78, 5) is 12.0. The smallest absolute Gasteiger partial charge is 0.244 e. The topological polar surface area (TPSA) is 47.6 Å². The van der Waals surface area contributed by atoms with Crippen molar-refractivity contribution in [3.05, 3.63) is 65.7 Å². The summed E-state index contributed by atoms with van der Waals surface area (Å²) >= 11 is 0. The van der Waals surface area contributed by atoms with Crippen LogP contribution in [0.15, 0.2) is 54.6 Å². The molecule has 4 heteroatoms. The van der Waals surface area contributed by atoms with Crippen LogP contribution in [0.3, 0.4) is 0 Å². The van der Waals surface area contributed by atoms with Gasteiger partial charge in [0.15, 0.2) is 11.5 Å². The quantitative estimate of drug-likeness (QED) is 0.827. The highest BCUT2D eigenvalue weighted by molar-refractivity contribution is 5.92. The summed E-state index contributed by atoms with van der Waals surface area (Å²) in [7, 11) is 0. The molecule has 0 aliphatic carbocycles. The SMILES string of the molecule is CC(CCc1ccccc1)NC(=O)C=Cc1ccc2c(c1)OCO2. The van der Waals surface area contributed by atoms with Gasteiger partial charge in [-0.15, -0.1) is 0 Å². The first kappa shape index (κ1) is 16.1. The number of hydrogen-bond donors (Lipinski definition) is 1. The Labute approximate surface area is 142 Å². The van der Waals surface area contributed by atoms with E-state index in [-0.39, 0.29) is 18.7 Å². The van der Waals surface area contributed by atoms with Crippen molar-refractivity contribution in [2.24, 2.45) is 0 Å². The van der Waals surface area contributed by atoms with Gasteiger partial charge in [0.05, 0.1) is 0 Å². The normalized spacial score (nSPS) is 13.9. The minimum atomic E-state index is -0.0896. The highest BCUT2D eigenvalue weighted by Crippen LogP contribution is 2.32. The largest absolute Gasteiger partial charge is 0.454 e. The van der Waals surface area contributed by atoms with E-state index in [1.165, 1.54) is 5.56 Å². The first-order valence-electron chi connectivity index (χ1n) is 8.13. The Morgan fingerprint density at radius 1 is 1.17 bits per heavy atom. The Kier molecular flexibility index (Phi) is 5.16. The van der Waals surface area contributed by atoms with Crippen LogP contribution in [0.5, 0.6) is 11.5 Å². The average molecular weight is 323 g/mol. The van der Waals surface area contributed by atoms with Gasteiger partial charge in [0, 0.05) is 12.1 Å². The van der Waals surface area contributed by atoms with Gasteiger partial charge in [-0.3, -0.25) is 4.79 Å². The zero-order chi connectivity index (χ0) is 16.8. The number of hydrogen-bond acceptors (Lipinski definition) is 3. The van der Waals surface area contributed by atoms with E-state index in [1.54, 1.807) is 12.2 Å². The van der Waals surface area contributed by atoms with Gasteiger partial charge in [-0.2, -0.15) is 0 Å². The van der Waals surface area contributed by atoms with Crippen LogP contribution in [-0.4, -0.2) is 18.7 Å². The molecule has 2 aromatic rings. The molecule has 0 saturated carbocycles. The predicted molar refractivity (Wildman–Crippen MR) is 94.0 cm³/mol. The van der Waals surface area contributed by atoms with Gasteiger partial charge >= 0.3 is 0 Å². The molecule has 24 heavy (non-hydrogen) atoms. The van der Waals surface area contributed by atoms with E-state index in [0.717, 1.165) is 24.2 Å². The Hall–Kier alpha value is -2.75. The van der Waals surface area contributed by atoms with Crippen molar-refractivity contribution >= 4 is 12.0 Å². The molecule has 1 unspecified atom stereocenters. The fraction of sp³-hybridized carbons (Fsp3) is 0.250. The zero-order valence-corrected chi connectivity index (χ0v) is 13.7. The third kappa shape index (κ3) is 4.38. The van der Waals surface area contributed by atoms with Crippen molar-refractivity contribution in [2.45, 2.75) is 25.8 Å². The molecule has 0 radical (unpaired) electrons. The van der Waals surface area contributed by atoms with Gasteiger partial charge in [-0.05, 0) is 49.1 Å². The highest BCUT2D eigenvalue weighted by atomic mass is 16.7. The summed E-state index contributed by atoms with van der Waals surface area (Å²) in [6.07, 6.45) is 5.19. The van der Waals surface area contributed by atoms with Gasteiger partial charge in [-0.25, -0.2) is 0 Å². The van der Waals surface area contributed by atoms with Gasteiger partial charge in [0.1, 0.15) is 0 Å². The van der Waals surface area contributed by atoms with Gasteiger partial charge < -0.3 is 14.8 Å². The number of nitrogens with one attached hydrogen (secondary N) is 1. The monoisotopic (exact) mass is 323 g/mol. The lowest BCUT2D eigenvalue weighted by Crippen LogP contribution is -2.31. The van der Waals surface area contributed by atoms with Crippen molar-refractivity contribution < 1.29 is 14.3 Å². The molecular formula is C20H21NO3. The number of carbonyl (C=O) groups is 1. The third-order valence-electron chi connectivity index (χ3n) is 3.92. The van der Waals surface area contributed by atoms with Crippen LogP contribution in [0.4, 0.5) is 0 Å². The third-order valence-corrected chi connectivity index (χ3v) is 3.92. The second-order valence-corrected chi connectivity index (χ2v) is 5.88. The van der Waals surface area contributed by atoms with Crippen molar-refractivity contribution in [2.75, 3.05) is 6.79 Å². The fourth-order valence-electron chi connectivity index (χ4n) is 2.58. The van der Waals surface area contributed by atoms with E-state index >= 15 is 0 Å².